The molecule has 1 unspecified atom stereocenters. The predicted molar refractivity (Wildman–Crippen MR) is 104 cm³/mol. The van der Waals surface area contributed by atoms with Crippen molar-refractivity contribution >= 4 is 21.8 Å². The summed E-state index contributed by atoms with van der Waals surface area (Å²) in [7, 11) is 1.55. The molecule has 7 nitrogen and oxygen atoms in total. The third kappa shape index (κ3) is 3.31. The fourth-order valence-electron chi connectivity index (χ4n) is 3.21. The third-order valence-electron chi connectivity index (χ3n) is 4.75. The van der Waals surface area contributed by atoms with E-state index >= 15 is 0 Å². The maximum Gasteiger partial charge on any atom is 0.230 e. The molecule has 0 spiro atoms. The SMILES string of the molecule is COc1cc2c(Oc3ccc4[nH]c(C)cc4c3F)ncnc2cc1OCC1CO1. The van der Waals surface area contributed by atoms with Gasteiger partial charge in [-0.25, -0.2) is 14.4 Å². The average Bonchev–Trinajstić information content (AvgIpc) is 3.47. The van der Waals surface area contributed by atoms with Crippen LogP contribution in [0.15, 0.2) is 36.7 Å². The van der Waals surface area contributed by atoms with E-state index in [1.165, 1.54) is 6.33 Å². The summed E-state index contributed by atoms with van der Waals surface area (Å²) in [6.07, 6.45) is 1.49. The molecule has 0 saturated carbocycles. The Morgan fingerprint density at radius 1 is 1.14 bits per heavy atom. The molecular weight excluding hydrogens is 377 g/mol. The molecule has 0 amide bonds. The number of aromatic amines is 1. The number of rotatable bonds is 6. The van der Waals surface area contributed by atoms with Crippen molar-refractivity contribution < 1.29 is 23.3 Å². The molecule has 1 aliphatic heterocycles. The number of hydrogen-bond acceptors (Lipinski definition) is 6. The van der Waals surface area contributed by atoms with Crippen LogP contribution >= 0.6 is 0 Å². The second-order valence-electron chi connectivity index (χ2n) is 6.86. The normalized spacial score (nSPS) is 15.6. The van der Waals surface area contributed by atoms with Gasteiger partial charge in [-0.05, 0) is 31.2 Å². The number of aryl methyl sites for hydroxylation is 1. The molecule has 0 radical (unpaired) electrons. The molecule has 0 bridgehead atoms. The van der Waals surface area contributed by atoms with E-state index in [1.807, 2.05) is 6.92 Å². The quantitative estimate of drug-likeness (QED) is 0.494. The Balaban J connectivity index is 1.53. The highest BCUT2D eigenvalue weighted by Crippen LogP contribution is 2.37. The highest BCUT2D eigenvalue weighted by atomic mass is 19.1. The first-order chi connectivity index (χ1) is 14.1. The van der Waals surface area contributed by atoms with Crippen molar-refractivity contribution in [2.75, 3.05) is 20.3 Å². The van der Waals surface area contributed by atoms with Gasteiger partial charge in [0.1, 0.15) is 19.0 Å². The molecule has 8 heteroatoms. The highest BCUT2D eigenvalue weighted by Gasteiger charge is 2.24. The van der Waals surface area contributed by atoms with Gasteiger partial charge in [0, 0.05) is 22.7 Å². The van der Waals surface area contributed by atoms with Gasteiger partial charge in [-0.2, -0.15) is 0 Å². The molecule has 1 aliphatic rings. The number of nitrogens with zero attached hydrogens (tertiary/aromatic N) is 2. The summed E-state index contributed by atoms with van der Waals surface area (Å²) in [6, 6.07) is 8.57. The summed E-state index contributed by atoms with van der Waals surface area (Å²) in [5.74, 6) is 0.929. The number of hydrogen-bond donors (Lipinski definition) is 1. The fourth-order valence-corrected chi connectivity index (χ4v) is 3.21. The fraction of sp³-hybridized carbons (Fsp3) is 0.238. The van der Waals surface area contributed by atoms with Crippen LogP contribution in [0.3, 0.4) is 0 Å². The molecule has 1 fully saturated rings. The second-order valence-corrected chi connectivity index (χ2v) is 6.86. The monoisotopic (exact) mass is 395 g/mol. The first kappa shape index (κ1) is 17.7. The lowest BCUT2D eigenvalue weighted by molar-refractivity contribution is 0.252. The molecule has 3 heterocycles. The molecular formula is C21H18FN3O4. The van der Waals surface area contributed by atoms with Crippen molar-refractivity contribution in [3.05, 3.63) is 48.2 Å². The van der Waals surface area contributed by atoms with Crippen LogP contribution in [-0.4, -0.2) is 41.4 Å². The molecule has 5 rings (SSSR count). The third-order valence-corrected chi connectivity index (χ3v) is 4.75. The van der Waals surface area contributed by atoms with Crippen LogP contribution in [-0.2, 0) is 4.74 Å². The topological polar surface area (TPSA) is 81.8 Å². The number of methoxy groups -OCH3 is 1. The number of aromatic nitrogens is 3. The van der Waals surface area contributed by atoms with Gasteiger partial charge in [-0.3, -0.25) is 0 Å². The van der Waals surface area contributed by atoms with Crippen LogP contribution in [0.1, 0.15) is 5.69 Å². The van der Waals surface area contributed by atoms with Crippen molar-refractivity contribution in [1.29, 1.82) is 0 Å². The maximum atomic E-state index is 14.9. The Hall–Kier alpha value is -3.39. The number of ether oxygens (including phenoxy) is 4. The number of benzene rings is 2. The second kappa shape index (κ2) is 6.89. The van der Waals surface area contributed by atoms with Crippen LogP contribution in [0.25, 0.3) is 21.8 Å². The summed E-state index contributed by atoms with van der Waals surface area (Å²) in [5, 5.41) is 1.05. The molecule has 0 aliphatic carbocycles. The lowest BCUT2D eigenvalue weighted by Crippen LogP contribution is -2.05. The molecule has 1 N–H and O–H groups in total. The molecule has 29 heavy (non-hydrogen) atoms. The van der Waals surface area contributed by atoms with Crippen LogP contribution in [0.4, 0.5) is 4.39 Å². The number of nitrogens with one attached hydrogen (secondary N) is 1. The Bertz CT molecular complexity index is 1220. The predicted octanol–water partition coefficient (Wildman–Crippen LogP) is 4.14. The zero-order chi connectivity index (χ0) is 20.0. The number of H-pyrrole nitrogens is 1. The zero-order valence-electron chi connectivity index (χ0n) is 15.9. The molecule has 1 saturated heterocycles. The van der Waals surface area contributed by atoms with E-state index in [0.717, 1.165) is 5.69 Å². The smallest absolute Gasteiger partial charge is 0.230 e. The Kier molecular flexibility index (Phi) is 4.21. The van der Waals surface area contributed by atoms with Gasteiger partial charge in [0.05, 0.1) is 24.6 Å². The standard InChI is InChI=1S/C21H18FN3O4/c1-11-5-13-15(25-11)3-4-17(20(13)22)29-21-14-6-18(26-2)19(28-9-12-8-27-12)7-16(14)23-10-24-21/h3-7,10,12,25H,8-9H2,1-2H3. The molecule has 4 aromatic rings. The lowest BCUT2D eigenvalue weighted by Gasteiger charge is -2.13. The van der Waals surface area contributed by atoms with Gasteiger partial charge in [-0.15, -0.1) is 0 Å². The largest absolute Gasteiger partial charge is 0.493 e. The molecule has 148 valence electrons. The minimum Gasteiger partial charge on any atom is -0.493 e. The van der Waals surface area contributed by atoms with Crippen LogP contribution < -0.4 is 14.2 Å². The Morgan fingerprint density at radius 3 is 2.79 bits per heavy atom. The van der Waals surface area contributed by atoms with Crippen LogP contribution in [0.2, 0.25) is 0 Å². The highest BCUT2D eigenvalue weighted by molar-refractivity contribution is 5.87. The Morgan fingerprint density at radius 2 is 2.00 bits per heavy atom. The number of epoxide rings is 1. The number of halogens is 1. The maximum absolute atomic E-state index is 14.9. The van der Waals surface area contributed by atoms with Gasteiger partial charge in [0.25, 0.3) is 0 Å². The summed E-state index contributed by atoms with van der Waals surface area (Å²) >= 11 is 0. The van der Waals surface area contributed by atoms with Crippen LogP contribution in [0, 0.1) is 12.7 Å². The van der Waals surface area contributed by atoms with E-state index in [2.05, 4.69) is 15.0 Å². The van der Waals surface area contributed by atoms with Crippen molar-refractivity contribution in [1.82, 2.24) is 15.0 Å². The zero-order valence-corrected chi connectivity index (χ0v) is 15.9. The lowest BCUT2D eigenvalue weighted by atomic mass is 10.2. The Labute approximate surface area is 165 Å². The van der Waals surface area contributed by atoms with E-state index in [4.69, 9.17) is 18.9 Å². The van der Waals surface area contributed by atoms with Crippen LogP contribution in [0.5, 0.6) is 23.1 Å². The van der Waals surface area contributed by atoms with E-state index in [0.29, 0.717) is 46.5 Å². The average molecular weight is 395 g/mol. The summed E-state index contributed by atoms with van der Waals surface area (Å²) in [5.41, 5.74) is 2.18. The summed E-state index contributed by atoms with van der Waals surface area (Å²) in [4.78, 5) is 11.6. The van der Waals surface area contributed by atoms with Gasteiger partial charge < -0.3 is 23.9 Å². The van der Waals surface area contributed by atoms with Crippen molar-refractivity contribution in [3.63, 3.8) is 0 Å². The van der Waals surface area contributed by atoms with Crippen molar-refractivity contribution in [2.45, 2.75) is 13.0 Å². The summed E-state index contributed by atoms with van der Waals surface area (Å²) in [6.45, 7) is 3.02. The number of fused-ring (bicyclic) bond motifs is 2. The van der Waals surface area contributed by atoms with Crippen molar-refractivity contribution in [2.24, 2.45) is 0 Å². The first-order valence-corrected chi connectivity index (χ1v) is 9.15. The van der Waals surface area contributed by atoms with Gasteiger partial charge >= 0.3 is 0 Å². The van der Waals surface area contributed by atoms with Gasteiger partial charge in [0.2, 0.25) is 5.88 Å². The van der Waals surface area contributed by atoms with Gasteiger partial charge in [-0.1, -0.05) is 0 Å². The molecule has 2 aromatic carbocycles. The molecule has 2 aromatic heterocycles. The first-order valence-electron chi connectivity index (χ1n) is 9.15. The van der Waals surface area contributed by atoms with Gasteiger partial charge in [0.15, 0.2) is 23.1 Å². The minimum absolute atomic E-state index is 0.0849. The van der Waals surface area contributed by atoms with E-state index in [-0.39, 0.29) is 17.7 Å². The molecule has 1 atom stereocenters. The van der Waals surface area contributed by atoms with E-state index < -0.39 is 5.82 Å². The summed E-state index contributed by atoms with van der Waals surface area (Å²) < 4.78 is 37.1. The van der Waals surface area contributed by atoms with E-state index in [9.17, 15) is 4.39 Å². The minimum atomic E-state index is -0.449. The van der Waals surface area contributed by atoms with Crippen molar-refractivity contribution in [3.8, 4) is 23.1 Å². The van der Waals surface area contributed by atoms with E-state index in [1.54, 1.807) is 37.4 Å².